The van der Waals surface area contributed by atoms with Crippen molar-refractivity contribution in [2.45, 2.75) is 20.3 Å². The number of aromatic amines is 1. The van der Waals surface area contributed by atoms with Crippen LogP contribution in [0.2, 0.25) is 5.02 Å². The zero-order valence-corrected chi connectivity index (χ0v) is 12.8. The molecule has 0 aliphatic rings. The zero-order chi connectivity index (χ0) is 15.4. The summed E-state index contributed by atoms with van der Waals surface area (Å²) in [7, 11) is 0. The van der Waals surface area contributed by atoms with Crippen LogP contribution in [0.1, 0.15) is 29.9 Å². The molecule has 0 atom stereocenters. The largest absolute Gasteiger partial charge is 0.310 e. The summed E-state index contributed by atoms with van der Waals surface area (Å²) in [5, 5.41) is 6.48. The van der Waals surface area contributed by atoms with Crippen LogP contribution in [-0.2, 0) is 6.42 Å². The Morgan fingerprint density at radius 2 is 2.14 bits per heavy atom. The van der Waals surface area contributed by atoms with Crippen LogP contribution in [0.5, 0.6) is 0 Å². The Morgan fingerprint density at radius 3 is 2.76 bits per heavy atom. The molecule has 0 amide bonds. The van der Waals surface area contributed by atoms with Crippen LogP contribution in [0.3, 0.4) is 0 Å². The lowest BCUT2D eigenvalue weighted by Crippen LogP contribution is -2.28. The van der Waals surface area contributed by atoms with Crippen LogP contribution < -0.4 is 10.9 Å². The van der Waals surface area contributed by atoms with Crippen molar-refractivity contribution in [3.8, 4) is 5.69 Å². The molecule has 1 heterocycles. The van der Waals surface area contributed by atoms with E-state index in [1.165, 1.54) is 4.68 Å². The maximum absolute atomic E-state index is 12.5. The minimum absolute atomic E-state index is 0.159. The number of rotatable bonds is 6. The molecular weight excluding hydrogens is 290 g/mol. The Morgan fingerprint density at radius 1 is 1.38 bits per heavy atom. The molecule has 0 saturated heterocycles. The number of Topliss-reactive ketones (excluding diaryl/α,β-unsaturated/α-hetero) is 1. The van der Waals surface area contributed by atoms with Crippen LogP contribution in [0.15, 0.2) is 29.1 Å². The standard InChI is InChI=1S/C15H18ClN3O2/c1-3-12-14(13(20)9-17-4-2)15(21)19(18-12)11-7-5-6-10(16)8-11/h5-8,17-18H,3-4,9H2,1-2H3. The van der Waals surface area contributed by atoms with E-state index in [0.717, 1.165) is 0 Å². The van der Waals surface area contributed by atoms with E-state index in [2.05, 4.69) is 10.4 Å². The van der Waals surface area contributed by atoms with Crippen molar-refractivity contribution in [1.29, 1.82) is 0 Å². The molecule has 2 rings (SSSR count). The summed E-state index contributed by atoms with van der Waals surface area (Å²) in [5.74, 6) is -0.198. The van der Waals surface area contributed by atoms with Crippen LogP contribution in [0.25, 0.3) is 5.69 Å². The van der Waals surface area contributed by atoms with Crippen molar-refractivity contribution in [1.82, 2.24) is 15.1 Å². The number of ketones is 1. The monoisotopic (exact) mass is 307 g/mol. The number of H-pyrrole nitrogens is 1. The van der Waals surface area contributed by atoms with Crippen LogP contribution in [0.4, 0.5) is 0 Å². The number of carbonyl (C=O) groups is 1. The van der Waals surface area contributed by atoms with Gasteiger partial charge in [0.15, 0.2) is 5.78 Å². The molecular formula is C15H18ClN3O2. The quantitative estimate of drug-likeness (QED) is 0.804. The number of carbonyl (C=O) groups excluding carboxylic acids is 1. The number of hydrogen-bond donors (Lipinski definition) is 2. The van der Waals surface area contributed by atoms with E-state index >= 15 is 0 Å². The maximum Gasteiger partial charge on any atom is 0.282 e. The predicted molar refractivity (Wildman–Crippen MR) is 83.7 cm³/mol. The molecule has 0 radical (unpaired) electrons. The molecule has 2 aromatic rings. The van der Waals surface area contributed by atoms with Gasteiger partial charge in [0, 0.05) is 10.7 Å². The van der Waals surface area contributed by atoms with Crippen molar-refractivity contribution in [2.24, 2.45) is 0 Å². The summed E-state index contributed by atoms with van der Waals surface area (Å²) < 4.78 is 1.36. The Hall–Kier alpha value is -1.85. The molecule has 5 nitrogen and oxygen atoms in total. The van der Waals surface area contributed by atoms with Gasteiger partial charge in [0.25, 0.3) is 5.56 Å². The first kappa shape index (κ1) is 15.5. The number of hydrogen-bond acceptors (Lipinski definition) is 3. The number of aromatic nitrogens is 2. The second-order valence-electron chi connectivity index (χ2n) is 4.64. The molecule has 6 heteroatoms. The van der Waals surface area contributed by atoms with E-state index in [1.54, 1.807) is 24.3 Å². The average Bonchev–Trinajstić information content (AvgIpc) is 2.81. The fraction of sp³-hybridized carbons (Fsp3) is 0.333. The number of likely N-dealkylation sites (N-methyl/N-ethyl adjacent to an activating group) is 1. The zero-order valence-electron chi connectivity index (χ0n) is 12.1. The van der Waals surface area contributed by atoms with Gasteiger partial charge in [-0.05, 0) is 31.2 Å². The lowest BCUT2D eigenvalue weighted by molar-refractivity contribution is 0.0990. The van der Waals surface area contributed by atoms with E-state index in [9.17, 15) is 9.59 Å². The predicted octanol–water partition coefficient (Wildman–Crippen LogP) is 2.17. The van der Waals surface area contributed by atoms with Gasteiger partial charge in [0.1, 0.15) is 5.56 Å². The third-order valence-electron chi connectivity index (χ3n) is 3.20. The van der Waals surface area contributed by atoms with Crippen LogP contribution >= 0.6 is 11.6 Å². The van der Waals surface area contributed by atoms with E-state index in [0.29, 0.717) is 29.4 Å². The van der Waals surface area contributed by atoms with Crippen LogP contribution in [0, 0.1) is 0 Å². The van der Waals surface area contributed by atoms with Gasteiger partial charge in [-0.2, -0.15) is 0 Å². The second kappa shape index (κ2) is 6.74. The topological polar surface area (TPSA) is 66.9 Å². The number of halogens is 1. The molecule has 0 aliphatic carbocycles. The van der Waals surface area contributed by atoms with Gasteiger partial charge >= 0.3 is 0 Å². The molecule has 0 bridgehead atoms. The van der Waals surface area contributed by atoms with Gasteiger partial charge in [-0.15, -0.1) is 0 Å². The highest BCUT2D eigenvalue weighted by atomic mass is 35.5. The van der Waals surface area contributed by atoms with Crippen molar-refractivity contribution >= 4 is 17.4 Å². The van der Waals surface area contributed by atoms with Crippen LogP contribution in [-0.4, -0.2) is 28.7 Å². The summed E-state index contributed by atoms with van der Waals surface area (Å²) in [6.45, 7) is 4.65. The third kappa shape index (κ3) is 3.25. The summed E-state index contributed by atoms with van der Waals surface area (Å²) in [4.78, 5) is 24.7. The first-order chi connectivity index (χ1) is 10.1. The molecule has 0 aliphatic heterocycles. The SMILES string of the molecule is CCNCC(=O)c1c(CC)[nH]n(-c2cccc(Cl)c2)c1=O. The first-order valence-corrected chi connectivity index (χ1v) is 7.30. The normalized spacial score (nSPS) is 10.8. The highest BCUT2D eigenvalue weighted by molar-refractivity contribution is 6.30. The van der Waals surface area contributed by atoms with Gasteiger partial charge < -0.3 is 5.32 Å². The van der Waals surface area contributed by atoms with E-state index in [1.807, 2.05) is 13.8 Å². The number of aryl methyl sites for hydroxylation is 1. The highest BCUT2D eigenvalue weighted by Crippen LogP contribution is 2.14. The lowest BCUT2D eigenvalue weighted by Gasteiger charge is -2.01. The molecule has 0 fully saturated rings. The van der Waals surface area contributed by atoms with Gasteiger partial charge in [0.2, 0.25) is 0 Å². The fourth-order valence-corrected chi connectivity index (χ4v) is 2.33. The Labute approximate surface area is 127 Å². The summed E-state index contributed by atoms with van der Waals surface area (Å²) in [6.07, 6.45) is 0.579. The Balaban J connectivity index is 2.49. The van der Waals surface area contributed by atoms with E-state index < -0.39 is 0 Å². The molecule has 21 heavy (non-hydrogen) atoms. The number of nitrogens with one attached hydrogen (secondary N) is 2. The Kier molecular flexibility index (Phi) is 4.98. The van der Waals surface area contributed by atoms with Gasteiger partial charge in [-0.3, -0.25) is 14.7 Å². The first-order valence-electron chi connectivity index (χ1n) is 6.92. The third-order valence-corrected chi connectivity index (χ3v) is 3.43. The highest BCUT2D eigenvalue weighted by Gasteiger charge is 2.20. The molecule has 1 aromatic carbocycles. The summed E-state index contributed by atoms with van der Waals surface area (Å²) in [6, 6.07) is 6.94. The Bertz CT molecular complexity index is 703. The van der Waals surface area contributed by atoms with Gasteiger partial charge in [-0.25, -0.2) is 4.68 Å². The minimum Gasteiger partial charge on any atom is -0.310 e. The summed E-state index contributed by atoms with van der Waals surface area (Å²) in [5.41, 5.74) is 1.14. The molecule has 2 N–H and O–H groups in total. The van der Waals surface area contributed by atoms with Crippen molar-refractivity contribution in [2.75, 3.05) is 13.1 Å². The smallest absolute Gasteiger partial charge is 0.282 e. The fourth-order valence-electron chi connectivity index (χ4n) is 2.15. The van der Waals surface area contributed by atoms with E-state index in [-0.39, 0.29) is 23.5 Å². The molecule has 112 valence electrons. The maximum atomic E-state index is 12.5. The molecule has 0 unspecified atom stereocenters. The molecule has 0 spiro atoms. The van der Waals surface area contributed by atoms with Gasteiger partial charge in [-0.1, -0.05) is 31.5 Å². The second-order valence-corrected chi connectivity index (χ2v) is 5.08. The minimum atomic E-state index is -0.336. The van der Waals surface area contributed by atoms with Crippen molar-refractivity contribution in [3.63, 3.8) is 0 Å². The molecule has 1 aromatic heterocycles. The summed E-state index contributed by atoms with van der Waals surface area (Å²) >= 11 is 5.95. The number of benzene rings is 1. The van der Waals surface area contributed by atoms with Crippen molar-refractivity contribution < 1.29 is 4.79 Å². The average molecular weight is 308 g/mol. The lowest BCUT2D eigenvalue weighted by atomic mass is 10.1. The van der Waals surface area contributed by atoms with Gasteiger partial charge in [0.05, 0.1) is 12.2 Å². The number of nitrogens with zero attached hydrogens (tertiary/aromatic N) is 1. The molecule has 0 saturated carbocycles. The van der Waals surface area contributed by atoms with E-state index in [4.69, 9.17) is 11.6 Å². The van der Waals surface area contributed by atoms with Crippen molar-refractivity contribution in [3.05, 3.63) is 50.9 Å².